The van der Waals surface area contributed by atoms with Gasteiger partial charge in [-0.05, 0) is 39.8 Å². The molecule has 3 amide bonds. The van der Waals surface area contributed by atoms with Gasteiger partial charge in [0.15, 0.2) is 0 Å². The number of amides is 3. The van der Waals surface area contributed by atoms with Crippen molar-refractivity contribution in [3.05, 3.63) is 29.5 Å². The maximum absolute atomic E-state index is 12.0. The Kier molecular flexibility index (Phi) is 3.92. The zero-order valence-electron chi connectivity index (χ0n) is 10.7. The number of hydrogen-bond acceptors (Lipinski definition) is 2. The molecule has 0 bridgehead atoms. The highest BCUT2D eigenvalue weighted by Crippen LogP contribution is 2.09. The summed E-state index contributed by atoms with van der Waals surface area (Å²) < 4.78 is 0. The van der Waals surface area contributed by atoms with E-state index in [0.717, 1.165) is 0 Å². The van der Waals surface area contributed by atoms with Crippen LogP contribution >= 0.6 is 0 Å². The lowest BCUT2D eigenvalue weighted by atomic mass is 10.1. The predicted octanol–water partition coefficient (Wildman–Crippen LogP) is 1.99. The number of carbonyl (C=O) groups is 2. The van der Waals surface area contributed by atoms with Crippen LogP contribution in [0.3, 0.4) is 0 Å². The largest absolute Gasteiger partial charge is 0.333 e. The Morgan fingerprint density at radius 3 is 2.47 bits per heavy atom. The first-order valence-electron chi connectivity index (χ1n) is 5.62. The van der Waals surface area contributed by atoms with Crippen molar-refractivity contribution in [3.63, 3.8) is 0 Å². The minimum atomic E-state index is -0.375. The summed E-state index contributed by atoms with van der Waals surface area (Å²) in [5.41, 5.74) is 2.85. The van der Waals surface area contributed by atoms with E-state index >= 15 is 0 Å². The van der Waals surface area contributed by atoms with E-state index < -0.39 is 0 Å². The number of likely N-dealkylation sites (N-methyl/N-ethyl adjacent to an activating group) is 1. The van der Waals surface area contributed by atoms with Crippen LogP contribution in [-0.2, 0) is 4.79 Å². The molecule has 0 radical (unpaired) electrons. The molecule has 0 fully saturated rings. The normalized spacial score (nSPS) is 13.5. The maximum Gasteiger partial charge on any atom is 0.324 e. The van der Waals surface area contributed by atoms with Gasteiger partial charge in [-0.2, -0.15) is 0 Å². The summed E-state index contributed by atoms with van der Waals surface area (Å²) >= 11 is 0. The SMILES string of the molecule is CCN(C(=O)NC(C)(C)C)C(=O)C1=C=CC=C1. The lowest BCUT2D eigenvalue weighted by Gasteiger charge is -2.26. The molecule has 17 heavy (non-hydrogen) atoms. The van der Waals surface area contributed by atoms with E-state index in [2.05, 4.69) is 11.0 Å². The van der Waals surface area contributed by atoms with Crippen molar-refractivity contribution in [1.29, 1.82) is 0 Å². The molecule has 92 valence electrons. The predicted molar refractivity (Wildman–Crippen MR) is 66.4 cm³/mol. The van der Waals surface area contributed by atoms with E-state index in [1.165, 1.54) is 4.90 Å². The molecular weight excluding hydrogens is 216 g/mol. The van der Waals surface area contributed by atoms with Crippen molar-refractivity contribution in [3.8, 4) is 0 Å². The monoisotopic (exact) mass is 234 g/mol. The summed E-state index contributed by atoms with van der Waals surface area (Å²) in [5.74, 6) is -0.320. The number of carbonyl (C=O) groups excluding carboxylic acids is 2. The minimum absolute atomic E-state index is 0.320. The van der Waals surface area contributed by atoms with Gasteiger partial charge in [0.05, 0.1) is 5.57 Å². The topological polar surface area (TPSA) is 49.4 Å². The number of imide groups is 1. The summed E-state index contributed by atoms with van der Waals surface area (Å²) in [7, 11) is 0. The standard InChI is InChI=1S/C13H18N2O2/c1-5-15(12(17)14-13(2,3)4)11(16)10-8-6-7-9-10/h6-8H,5H2,1-4H3,(H,14,17). The first kappa shape index (κ1) is 13.3. The Morgan fingerprint density at radius 1 is 1.41 bits per heavy atom. The number of hydrogen-bond donors (Lipinski definition) is 1. The van der Waals surface area contributed by atoms with Crippen LogP contribution in [0.25, 0.3) is 0 Å². The second kappa shape index (κ2) is 5.02. The molecule has 1 rings (SSSR count). The summed E-state index contributed by atoms with van der Waals surface area (Å²) in [6, 6.07) is -0.375. The summed E-state index contributed by atoms with van der Waals surface area (Å²) in [6.07, 6.45) is 5.03. The molecule has 0 unspecified atom stereocenters. The van der Waals surface area contributed by atoms with Crippen LogP contribution < -0.4 is 5.32 Å². The highest BCUT2D eigenvalue weighted by molar-refractivity contribution is 6.05. The van der Waals surface area contributed by atoms with E-state index in [-0.39, 0.29) is 17.5 Å². The van der Waals surface area contributed by atoms with Gasteiger partial charge in [-0.25, -0.2) is 4.79 Å². The number of rotatable bonds is 2. The second-order valence-corrected chi connectivity index (χ2v) is 4.81. The highest BCUT2D eigenvalue weighted by atomic mass is 16.2. The van der Waals surface area contributed by atoms with Gasteiger partial charge >= 0.3 is 6.03 Å². The molecule has 0 atom stereocenters. The van der Waals surface area contributed by atoms with Gasteiger partial charge < -0.3 is 5.32 Å². The van der Waals surface area contributed by atoms with Crippen LogP contribution in [0.15, 0.2) is 29.5 Å². The van der Waals surface area contributed by atoms with Gasteiger partial charge in [-0.1, -0.05) is 6.08 Å². The van der Waals surface area contributed by atoms with E-state index in [4.69, 9.17) is 0 Å². The first-order chi connectivity index (χ1) is 7.85. The molecule has 4 heteroatoms. The molecule has 0 aromatic heterocycles. The van der Waals surface area contributed by atoms with Crippen LogP contribution in [0, 0.1) is 0 Å². The molecule has 1 aliphatic rings. The summed E-state index contributed by atoms with van der Waals surface area (Å²) in [4.78, 5) is 25.1. The van der Waals surface area contributed by atoms with E-state index in [1.54, 1.807) is 25.2 Å². The fourth-order valence-electron chi connectivity index (χ4n) is 1.38. The third-order valence-electron chi connectivity index (χ3n) is 2.12. The van der Waals surface area contributed by atoms with Gasteiger partial charge in [0, 0.05) is 12.1 Å². The highest BCUT2D eigenvalue weighted by Gasteiger charge is 2.25. The molecule has 0 saturated carbocycles. The number of nitrogens with zero attached hydrogens (tertiary/aromatic N) is 1. The Morgan fingerprint density at radius 2 is 2.06 bits per heavy atom. The van der Waals surface area contributed by atoms with E-state index in [0.29, 0.717) is 12.1 Å². The fraction of sp³-hybridized carbons (Fsp3) is 0.462. The third kappa shape index (κ3) is 3.61. The van der Waals surface area contributed by atoms with Crippen LogP contribution in [0.2, 0.25) is 0 Å². The Balaban J connectivity index is 2.78. The summed E-state index contributed by atoms with van der Waals surface area (Å²) in [6.45, 7) is 7.72. The average Bonchev–Trinajstić information content (AvgIpc) is 2.68. The van der Waals surface area contributed by atoms with E-state index in [1.807, 2.05) is 20.8 Å². The molecule has 0 spiro atoms. The molecule has 0 heterocycles. The van der Waals surface area contributed by atoms with Crippen LogP contribution in [0.5, 0.6) is 0 Å². The van der Waals surface area contributed by atoms with E-state index in [9.17, 15) is 9.59 Å². The molecule has 1 aliphatic carbocycles. The van der Waals surface area contributed by atoms with Gasteiger partial charge in [0.2, 0.25) is 0 Å². The van der Waals surface area contributed by atoms with Gasteiger partial charge in [0.1, 0.15) is 0 Å². The molecule has 0 saturated heterocycles. The average molecular weight is 234 g/mol. The Hall–Kier alpha value is -1.80. The molecule has 0 aliphatic heterocycles. The maximum atomic E-state index is 12.0. The zero-order valence-corrected chi connectivity index (χ0v) is 10.7. The third-order valence-corrected chi connectivity index (χ3v) is 2.12. The van der Waals surface area contributed by atoms with Crippen LogP contribution in [-0.4, -0.2) is 28.9 Å². The number of allylic oxidation sites excluding steroid dienone is 1. The molecule has 0 aromatic rings. The lowest BCUT2D eigenvalue weighted by molar-refractivity contribution is -0.123. The molecule has 1 N–H and O–H groups in total. The Bertz CT molecular complexity index is 421. The second-order valence-electron chi connectivity index (χ2n) is 4.81. The van der Waals surface area contributed by atoms with Crippen molar-refractivity contribution in [1.82, 2.24) is 10.2 Å². The lowest BCUT2D eigenvalue weighted by Crippen LogP contribution is -2.50. The van der Waals surface area contributed by atoms with Crippen molar-refractivity contribution in [2.45, 2.75) is 33.2 Å². The smallest absolute Gasteiger partial charge is 0.324 e. The minimum Gasteiger partial charge on any atom is -0.333 e. The van der Waals surface area contributed by atoms with Gasteiger partial charge in [0.25, 0.3) is 5.91 Å². The zero-order chi connectivity index (χ0) is 13.1. The number of urea groups is 1. The van der Waals surface area contributed by atoms with Gasteiger partial charge in [-0.15, -0.1) is 5.73 Å². The van der Waals surface area contributed by atoms with Gasteiger partial charge in [-0.3, -0.25) is 9.69 Å². The quantitative estimate of drug-likeness (QED) is 0.743. The van der Waals surface area contributed by atoms with Crippen LogP contribution in [0.4, 0.5) is 4.79 Å². The summed E-state index contributed by atoms with van der Waals surface area (Å²) in [5, 5.41) is 2.77. The molecule has 4 nitrogen and oxygen atoms in total. The van der Waals surface area contributed by atoms with Crippen molar-refractivity contribution >= 4 is 11.9 Å². The first-order valence-corrected chi connectivity index (χ1v) is 5.62. The number of nitrogens with one attached hydrogen (secondary N) is 1. The molecule has 0 aromatic carbocycles. The van der Waals surface area contributed by atoms with Crippen molar-refractivity contribution in [2.24, 2.45) is 0 Å². The van der Waals surface area contributed by atoms with Crippen LogP contribution in [0.1, 0.15) is 27.7 Å². The molecular formula is C13H18N2O2. The van der Waals surface area contributed by atoms with Crippen molar-refractivity contribution < 1.29 is 9.59 Å². The van der Waals surface area contributed by atoms with Crippen molar-refractivity contribution in [2.75, 3.05) is 6.54 Å². The Labute approximate surface area is 102 Å². The fourth-order valence-corrected chi connectivity index (χ4v) is 1.38.